The van der Waals surface area contributed by atoms with E-state index in [4.69, 9.17) is 10.8 Å². The van der Waals surface area contributed by atoms with Crippen molar-refractivity contribution in [1.29, 1.82) is 0 Å². The Morgan fingerprint density at radius 2 is 2.00 bits per heavy atom. The van der Waals surface area contributed by atoms with Crippen molar-refractivity contribution < 1.29 is 22.7 Å². The average Bonchev–Trinajstić information content (AvgIpc) is 2.19. The number of alkyl halides is 3. The van der Waals surface area contributed by atoms with Gasteiger partial charge >= 0.3 is 6.18 Å². The van der Waals surface area contributed by atoms with Crippen LogP contribution >= 0.6 is 15.9 Å². The molecule has 8 heteroatoms. The minimum Gasteiger partial charge on any atom is -0.384 e. The molecule has 1 rings (SSSR count). The van der Waals surface area contributed by atoms with Gasteiger partial charge in [-0.1, -0.05) is 0 Å². The summed E-state index contributed by atoms with van der Waals surface area (Å²) in [6, 6.07) is 2.34. The number of hydrogen-bond acceptors (Lipinski definition) is 3. The molecule has 0 spiro atoms. The van der Waals surface area contributed by atoms with Crippen LogP contribution < -0.4 is 5.73 Å². The molecule has 0 aliphatic rings. The lowest BCUT2D eigenvalue weighted by Gasteiger charge is -2.28. The average molecular weight is 331 g/mol. The number of aromatic nitrogens is 1. The van der Waals surface area contributed by atoms with Gasteiger partial charge < -0.3 is 10.8 Å². The molecule has 0 aliphatic carbocycles. The second-order valence-corrected chi connectivity index (χ2v) is 4.96. The lowest BCUT2D eigenvalue weighted by atomic mass is 9.90. The van der Waals surface area contributed by atoms with E-state index in [-0.39, 0.29) is 10.3 Å². The number of hydrogen-bond donors (Lipinski definition) is 2. The van der Waals surface area contributed by atoms with E-state index in [1.165, 1.54) is 13.0 Å². The molecule has 1 aromatic heterocycles. The van der Waals surface area contributed by atoms with E-state index in [0.717, 1.165) is 6.07 Å². The van der Waals surface area contributed by atoms with Crippen LogP contribution in [-0.2, 0) is 5.54 Å². The van der Waals surface area contributed by atoms with Crippen molar-refractivity contribution >= 4 is 15.9 Å². The van der Waals surface area contributed by atoms with Crippen molar-refractivity contribution in [2.24, 2.45) is 5.73 Å². The standard InChI is InChI=1S/C10H11BrF4N2O/c1-9(16,4-6(18)10(13,14)15)8-5(12)2-3-7(11)17-8/h2-3,6,18H,4,16H2,1H3/t6-,9?/m0/s1. The maximum absolute atomic E-state index is 13.5. The van der Waals surface area contributed by atoms with Gasteiger partial charge in [0.15, 0.2) is 6.10 Å². The summed E-state index contributed by atoms with van der Waals surface area (Å²) in [7, 11) is 0. The van der Waals surface area contributed by atoms with Crippen LogP contribution in [0.2, 0.25) is 0 Å². The highest BCUT2D eigenvalue weighted by Gasteiger charge is 2.43. The number of aliphatic hydroxyl groups excluding tert-OH is 1. The first-order chi connectivity index (χ1) is 8.04. The SMILES string of the molecule is CC(N)(C[C@H](O)C(F)(F)F)c1nc(Br)ccc1F. The lowest BCUT2D eigenvalue weighted by Crippen LogP contribution is -2.43. The summed E-state index contributed by atoms with van der Waals surface area (Å²) in [5, 5.41) is 8.98. The van der Waals surface area contributed by atoms with Crippen LogP contribution in [0.1, 0.15) is 19.0 Å². The van der Waals surface area contributed by atoms with Gasteiger partial charge in [-0.3, -0.25) is 0 Å². The first kappa shape index (κ1) is 15.3. The Bertz CT molecular complexity index is 436. The van der Waals surface area contributed by atoms with Crippen molar-refractivity contribution in [2.75, 3.05) is 0 Å². The van der Waals surface area contributed by atoms with Crippen LogP contribution in [0.15, 0.2) is 16.7 Å². The summed E-state index contributed by atoms with van der Waals surface area (Å²) in [6.07, 6.45) is -8.31. The third-order valence-electron chi connectivity index (χ3n) is 2.35. The molecule has 0 aliphatic heterocycles. The predicted molar refractivity (Wildman–Crippen MR) is 60.1 cm³/mol. The summed E-state index contributed by atoms with van der Waals surface area (Å²) >= 11 is 2.98. The molecule has 3 N–H and O–H groups in total. The van der Waals surface area contributed by atoms with Crippen molar-refractivity contribution in [2.45, 2.75) is 31.2 Å². The maximum Gasteiger partial charge on any atom is 0.414 e. The third-order valence-corrected chi connectivity index (χ3v) is 2.79. The van der Waals surface area contributed by atoms with Gasteiger partial charge in [-0.05, 0) is 35.0 Å². The molecule has 0 amide bonds. The van der Waals surface area contributed by atoms with Crippen LogP contribution in [0.4, 0.5) is 17.6 Å². The van der Waals surface area contributed by atoms with Crippen LogP contribution in [0.3, 0.4) is 0 Å². The fourth-order valence-electron chi connectivity index (χ4n) is 1.43. The number of pyridine rings is 1. The molecular formula is C10H11BrF4N2O. The zero-order chi connectivity index (χ0) is 14.1. The number of halogens is 5. The van der Waals surface area contributed by atoms with Crippen molar-refractivity contribution in [3.05, 3.63) is 28.2 Å². The molecule has 0 saturated heterocycles. The Balaban J connectivity index is 3.02. The van der Waals surface area contributed by atoms with E-state index in [9.17, 15) is 17.6 Å². The monoisotopic (exact) mass is 330 g/mol. The van der Waals surface area contributed by atoms with Gasteiger partial charge in [-0.2, -0.15) is 13.2 Å². The van der Waals surface area contributed by atoms with E-state index in [1.54, 1.807) is 0 Å². The first-order valence-electron chi connectivity index (χ1n) is 4.90. The van der Waals surface area contributed by atoms with Gasteiger partial charge in [0.25, 0.3) is 0 Å². The van der Waals surface area contributed by atoms with Gasteiger partial charge in [0.05, 0.1) is 11.2 Å². The van der Waals surface area contributed by atoms with E-state index in [1.807, 2.05) is 0 Å². The Kier molecular flexibility index (Phi) is 4.34. The molecule has 18 heavy (non-hydrogen) atoms. The van der Waals surface area contributed by atoms with E-state index in [0.29, 0.717) is 0 Å². The zero-order valence-corrected chi connectivity index (χ0v) is 10.9. The van der Waals surface area contributed by atoms with Crippen LogP contribution in [0.5, 0.6) is 0 Å². The molecule has 1 unspecified atom stereocenters. The van der Waals surface area contributed by atoms with E-state index >= 15 is 0 Å². The van der Waals surface area contributed by atoms with Gasteiger partial charge in [0.2, 0.25) is 0 Å². The topological polar surface area (TPSA) is 59.1 Å². The fourth-order valence-corrected chi connectivity index (χ4v) is 1.74. The minimum atomic E-state index is -4.80. The Labute approximate surface area is 109 Å². The van der Waals surface area contributed by atoms with Crippen molar-refractivity contribution in [3.63, 3.8) is 0 Å². The van der Waals surface area contributed by atoms with Gasteiger partial charge in [-0.15, -0.1) is 0 Å². The van der Waals surface area contributed by atoms with Crippen molar-refractivity contribution in [1.82, 2.24) is 4.98 Å². The van der Waals surface area contributed by atoms with Gasteiger partial charge in [0, 0.05) is 6.42 Å². The summed E-state index contributed by atoms with van der Waals surface area (Å²) in [4.78, 5) is 3.72. The van der Waals surface area contributed by atoms with Crippen LogP contribution in [0, 0.1) is 5.82 Å². The minimum absolute atomic E-state index is 0.247. The fraction of sp³-hybridized carbons (Fsp3) is 0.500. The molecule has 0 saturated carbocycles. The zero-order valence-electron chi connectivity index (χ0n) is 9.30. The number of nitrogens with zero attached hydrogens (tertiary/aromatic N) is 1. The van der Waals surface area contributed by atoms with E-state index < -0.39 is 30.1 Å². The molecule has 1 aromatic rings. The molecule has 0 bridgehead atoms. The van der Waals surface area contributed by atoms with Crippen LogP contribution in [-0.4, -0.2) is 22.4 Å². The summed E-state index contributed by atoms with van der Waals surface area (Å²) in [6.45, 7) is 1.18. The normalized spacial score (nSPS) is 17.3. The second-order valence-electron chi connectivity index (χ2n) is 4.14. The molecule has 2 atom stereocenters. The first-order valence-corrected chi connectivity index (χ1v) is 5.69. The summed E-state index contributed by atoms with van der Waals surface area (Å²) < 4.78 is 50.5. The summed E-state index contributed by atoms with van der Waals surface area (Å²) in [5.41, 5.74) is 3.56. The Morgan fingerprint density at radius 3 is 2.50 bits per heavy atom. The quantitative estimate of drug-likeness (QED) is 0.661. The van der Waals surface area contributed by atoms with Crippen LogP contribution in [0.25, 0.3) is 0 Å². The van der Waals surface area contributed by atoms with Gasteiger partial charge in [-0.25, -0.2) is 9.37 Å². The molecule has 0 fully saturated rings. The Hall–Kier alpha value is -0.730. The lowest BCUT2D eigenvalue weighted by molar-refractivity contribution is -0.209. The second kappa shape index (κ2) is 5.10. The summed E-state index contributed by atoms with van der Waals surface area (Å²) in [5.74, 6) is -0.822. The third kappa shape index (κ3) is 3.63. The predicted octanol–water partition coefficient (Wildman–Crippen LogP) is 2.47. The molecule has 3 nitrogen and oxygen atoms in total. The molecular weight excluding hydrogens is 320 g/mol. The molecule has 1 heterocycles. The number of nitrogens with two attached hydrogens (primary N) is 1. The highest BCUT2D eigenvalue weighted by molar-refractivity contribution is 9.10. The smallest absolute Gasteiger partial charge is 0.384 e. The Morgan fingerprint density at radius 1 is 1.44 bits per heavy atom. The largest absolute Gasteiger partial charge is 0.414 e. The van der Waals surface area contributed by atoms with Gasteiger partial charge in [0.1, 0.15) is 10.4 Å². The molecule has 0 aromatic carbocycles. The molecule has 102 valence electrons. The molecule has 0 radical (unpaired) electrons. The van der Waals surface area contributed by atoms with Crippen molar-refractivity contribution in [3.8, 4) is 0 Å². The highest BCUT2D eigenvalue weighted by Crippen LogP contribution is 2.31. The van der Waals surface area contributed by atoms with E-state index in [2.05, 4.69) is 20.9 Å². The highest BCUT2D eigenvalue weighted by atomic mass is 79.9. The number of rotatable bonds is 3. The maximum atomic E-state index is 13.5. The number of aliphatic hydroxyl groups is 1.